The average molecular weight is 262 g/mol. The normalized spacial score (nSPS) is 11.2. The second-order valence-corrected chi connectivity index (χ2v) is 5.57. The van der Waals surface area contributed by atoms with E-state index in [-0.39, 0.29) is 4.90 Å². The predicted octanol–water partition coefficient (Wildman–Crippen LogP) is 2.39. The number of hydrogen-bond acceptors (Lipinski definition) is 3. The van der Waals surface area contributed by atoms with Crippen LogP contribution in [0.4, 0.5) is 11.4 Å². The molecular formula is C13H14N2O2S. The van der Waals surface area contributed by atoms with E-state index >= 15 is 0 Å². The molecule has 0 fully saturated rings. The lowest BCUT2D eigenvalue weighted by atomic mass is 10.2. The van der Waals surface area contributed by atoms with Crippen LogP contribution in [0.25, 0.3) is 0 Å². The first-order chi connectivity index (χ1) is 8.47. The Labute approximate surface area is 107 Å². The van der Waals surface area contributed by atoms with Gasteiger partial charge in [-0.05, 0) is 42.8 Å². The quantitative estimate of drug-likeness (QED) is 0.892. The lowest BCUT2D eigenvalue weighted by molar-refractivity contribution is 0.598. The Morgan fingerprint density at radius 1 is 1.00 bits per heavy atom. The zero-order valence-electron chi connectivity index (χ0n) is 9.92. The second kappa shape index (κ2) is 4.80. The monoisotopic (exact) mass is 262 g/mol. The van der Waals surface area contributed by atoms with Crippen molar-refractivity contribution in [1.29, 1.82) is 0 Å². The highest BCUT2D eigenvalue weighted by Crippen LogP contribution is 2.21. The van der Waals surface area contributed by atoms with Crippen LogP contribution in [0.3, 0.4) is 0 Å². The zero-order chi connectivity index (χ0) is 13.2. The van der Waals surface area contributed by atoms with E-state index in [1.807, 2.05) is 31.2 Å². The van der Waals surface area contributed by atoms with Gasteiger partial charge in [0.05, 0.1) is 4.90 Å². The summed E-state index contributed by atoms with van der Waals surface area (Å²) in [6, 6.07) is 14.2. The van der Waals surface area contributed by atoms with Crippen LogP contribution in [-0.4, -0.2) is 8.42 Å². The standard InChI is InChI=1S/C13H14N2O2S/c1-10-4-2-3-5-13(10)15-11-6-8-12(9-7-11)18(14,16)17/h2-9,15H,1H3,(H2,14,16,17). The van der Waals surface area contributed by atoms with Crippen molar-refractivity contribution >= 4 is 21.4 Å². The number of para-hydroxylation sites is 1. The molecule has 5 heteroatoms. The molecule has 0 heterocycles. The van der Waals surface area contributed by atoms with Crippen LogP contribution < -0.4 is 10.5 Å². The van der Waals surface area contributed by atoms with Crippen molar-refractivity contribution < 1.29 is 8.42 Å². The molecular weight excluding hydrogens is 248 g/mol. The molecule has 0 bridgehead atoms. The predicted molar refractivity (Wildman–Crippen MR) is 72.3 cm³/mol. The zero-order valence-corrected chi connectivity index (χ0v) is 10.7. The van der Waals surface area contributed by atoms with Gasteiger partial charge in [0.15, 0.2) is 0 Å². The Bertz CT molecular complexity index is 649. The molecule has 0 unspecified atom stereocenters. The Kier molecular flexibility index (Phi) is 3.36. The molecule has 2 aromatic carbocycles. The minimum atomic E-state index is -3.63. The van der Waals surface area contributed by atoms with Crippen molar-refractivity contribution in [2.75, 3.05) is 5.32 Å². The Morgan fingerprint density at radius 2 is 1.61 bits per heavy atom. The molecule has 2 aromatic rings. The lowest BCUT2D eigenvalue weighted by Gasteiger charge is -2.09. The van der Waals surface area contributed by atoms with E-state index in [9.17, 15) is 8.42 Å². The number of aryl methyl sites for hydroxylation is 1. The van der Waals surface area contributed by atoms with Crippen molar-refractivity contribution in [2.45, 2.75) is 11.8 Å². The molecule has 0 radical (unpaired) electrons. The number of anilines is 2. The summed E-state index contributed by atoms with van der Waals surface area (Å²) in [5, 5.41) is 8.25. The number of hydrogen-bond donors (Lipinski definition) is 2. The summed E-state index contributed by atoms with van der Waals surface area (Å²) in [5.41, 5.74) is 2.92. The smallest absolute Gasteiger partial charge is 0.238 e. The first kappa shape index (κ1) is 12.6. The van der Waals surface area contributed by atoms with Crippen LogP contribution in [0.15, 0.2) is 53.4 Å². The summed E-state index contributed by atoms with van der Waals surface area (Å²) in [7, 11) is -3.63. The van der Waals surface area contributed by atoms with Crippen molar-refractivity contribution in [3.63, 3.8) is 0 Å². The molecule has 0 spiro atoms. The molecule has 0 aromatic heterocycles. The molecule has 0 aliphatic heterocycles. The van der Waals surface area contributed by atoms with Gasteiger partial charge in [-0.25, -0.2) is 13.6 Å². The van der Waals surface area contributed by atoms with E-state index < -0.39 is 10.0 Å². The number of rotatable bonds is 3. The SMILES string of the molecule is Cc1ccccc1Nc1ccc(S(N)(=O)=O)cc1. The third kappa shape index (κ3) is 2.88. The minimum Gasteiger partial charge on any atom is -0.355 e. The topological polar surface area (TPSA) is 72.2 Å². The lowest BCUT2D eigenvalue weighted by Crippen LogP contribution is -2.11. The fourth-order valence-electron chi connectivity index (χ4n) is 1.60. The highest BCUT2D eigenvalue weighted by molar-refractivity contribution is 7.89. The summed E-state index contributed by atoms with van der Waals surface area (Å²) in [6.45, 7) is 2.00. The van der Waals surface area contributed by atoms with Crippen molar-refractivity contribution in [2.24, 2.45) is 5.14 Å². The second-order valence-electron chi connectivity index (χ2n) is 4.01. The molecule has 0 saturated heterocycles. The number of primary sulfonamides is 1. The van der Waals surface area contributed by atoms with Crippen LogP contribution in [0.5, 0.6) is 0 Å². The van der Waals surface area contributed by atoms with Crippen LogP contribution in [0, 0.1) is 6.92 Å². The van der Waals surface area contributed by atoms with Gasteiger partial charge in [0, 0.05) is 11.4 Å². The average Bonchev–Trinajstić information content (AvgIpc) is 2.32. The molecule has 0 atom stereocenters. The van der Waals surface area contributed by atoms with Gasteiger partial charge in [-0.2, -0.15) is 0 Å². The Morgan fingerprint density at radius 3 is 2.17 bits per heavy atom. The van der Waals surface area contributed by atoms with Crippen LogP contribution in [0.2, 0.25) is 0 Å². The molecule has 0 aliphatic carbocycles. The maximum absolute atomic E-state index is 11.1. The molecule has 18 heavy (non-hydrogen) atoms. The third-order valence-corrected chi connectivity index (χ3v) is 3.54. The highest BCUT2D eigenvalue weighted by Gasteiger charge is 2.06. The van der Waals surface area contributed by atoms with E-state index in [4.69, 9.17) is 5.14 Å². The summed E-state index contributed by atoms with van der Waals surface area (Å²) >= 11 is 0. The summed E-state index contributed by atoms with van der Waals surface area (Å²) in [6.07, 6.45) is 0. The van der Waals surface area contributed by atoms with Gasteiger partial charge < -0.3 is 5.32 Å². The number of sulfonamides is 1. The molecule has 2 rings (SSSR count). The van der Waals surface area contributed by atoms with Crippen LogP contribution in [-0.2, 0) is 10.0 Å². The summed E-state index contributed by atoms with van der Waals surface area (Å²) < 4.78 is 22.2. The van der Waals surface area contributed by atoms with Gasteiger partial charge in [0.2, 0.25) is 10.0 Å². The van der Waals surface area contributed by atoms with Gasteiger partial charge in [-0.15, -0.1) is 0 Å². The van der Waals surface area contributed by atoms with Crippen LogP contribution in [0.1, 0.15) is 5.56 Å². The number of nitrogens with two attached hydrogens (primary N) is 1. The van der Waals surface area contributed by atoms with E-state index in [0.717, 1.165) is 16.9 Å². The molecule has 0 amide bonds. The van der Waals surface area contributed by atoms with Crippen molar-refractivity contribution in [1.82, 2.24) is 0 Å². The fourth-order valence-corrected chi connectivity index (χ4v) is 2.11. The van der Waals surface area contributed by atoms with Gasteiger partial charge in [0.25, 0.3) is 0 Å². The van der Waals surface area contributed by atoms with Crippen molar-refractivity contribution in [3.8, 4) is 0 Å². The third-order valence-electron chi connectivity index (χ3n) is 2.61. The van der Waals surface area contributed by atoms with Crippen molar-refractivity contribution in [3.05, 3.63) is 54.1 Å². The van der Waals surface area contributed by atoms with Gasteiger partial charge in [-0.1, -0.05) is 18.2 Å². The fraction of sp³-hybridized carbons (Fsp3) is 0.0769. The molecule has 0 aliphatic rings. The number of nitrogens with one attached hydrogen (secondary N) is 1. The molecule has 4 nitrogen and oxygen atoms in total. The van der Waals surface area contributed by atoms with Gasteiger partial charge >= 0.3 is 0 Å². The van der Waals surface area contributed by atoms with E-state index in [0.29, 0.717) is 0 Å². The highest BCUT2D eigenvalue weighted by atomic mass is 32.2. The molecule has 3 N–H and O–H groups in total. The Balaban J connectivity index is 2.24. The van der Waals surface area contributed by atoms with E-state index in [1.54, 1.807) is 12.1 Å². The number of benzene rings is 2. The maximum Gasteiger partial charge on any atom is 0.238 e. The van der Waals surface area contributed by atoms with E-state index in [1.165, 1.54) is 12.1 Å². The maximum atomic E-state index is 11.1. The Hall–Kier alpha value is -1.85. The van der Waals surface area contributed by atoms with Gasteiger partial charge in [-0.3, -0.25) is 0 Å². The van der Waals surface area contributed by atoms with Gasteiger partial charge in [0.1, 0.15) is 0 Å². The van der Waals surface area contributed by atoms with E-state index in [2.05, 4.69) is 5.32 Å². The largest absolute Gasteiger partial charge is 0.355 e. The minimum absolute atomic E-state index is 0.109. The first-order valence-electron chi connectivity index (χ1n) is 5.42. The summed E-state index contributed by atoms with van der Waals surface area (Å²) in [4.78, 5) is 0.109. The summed E-state index contributed by atoms with van der Waals surface area (Å²) in [5.74, 6) is 0. The molecule has 94 valence electrons. The van der Waals surface area contributed by atoms with Crippen LogP contribution >= 0.6 is 0 Å². The first-order valence-corrected chi connectivity index (χ1v) is 6.97. The molecule has 0 saturated carbocycles.